The number of alkyl halides is 1. The fourth-order valence-electron chi connectivity index (χ4n) is 1.54. The zero-order chi connectivity index (χ0) is 8.74. The van der Waals surface area contributed by atoms with Crippen molar-refractivity contribution in [1.82, 2.24) is 0 Å². The fraction of sp³-hybridized carbons (Fsp3) is 1.00. The third kappa shape index (κ3) is 4.68. The van der Waals surface area contributed by atoms with Crippen LogP contribution >= 0.6 is 11.6 Å². The Balaban J connectivity index is 0. The van der Waals surface area contributed by atoms with E-state index in [2.05, 4.69) is 20.8 Å². The van der Waals surface area contributed by atoms with E-state index in [0.717, 1.165) is 12.3 Å². The Morgan fingerprint density at radius 2 is 1.42 bits per heavy atom. The third-order valence-corrected chi connectivity index (χ3v) is 3.05. The first-order valence-corrected chi connectivity index (χ1v) is 5.19. The summed E-state index contributed by atoms with van der Waals surface area (Å²) in [6, 6.07) is 0. The van der Waals surface area contributed by atoms with Gasteiger partial charge in [-0.3, -0.25) is 0 Å². The molecule has 0 fully saturated rings. The molecule has 76 valence electrons. The zero-order valence-electron chi connectivity index (χ0n) is 8.45. The van der Waals surface area contributed by atoms with Gasteiger partial charge >= 0.3 is 0 Å². The molecule has 0 amide bonds. The van der Waals surface area contributed by atoms with Crippen LogP contribution in [0.4, 0.5) is 0 Å². The van der Waals surface area contributed by atoms with Gasteiger partial charge in [0, 0.05) is 12.3 Å². The molecule has 0 spiro atoms. The molecule has 0 aromatic carbocycles. The highest BCUT2D eigenvalue weighted by molar-refractivity contribution is 6.17. The lowest BCUT2D eigenvalue weighted by Crippen LogP contribution is -3.00. The Morgan fingerprint density at radius 3 is 1.67 bits per heavy atom. The monoisotopic (exact) mass is 257 g/mol. The van der Waals surface area contributed by atoms with E-state index >= 15 is 0 Å². The molecule has 1 nitrogen and oxygen atoms in total. The lowest BCUT2D eigenvalue weighted by Gasteiger charge is -2.35. The van der Waals surface area contributed by atoms with E-state index in [1.165, 1.54) is 30.7 Å². The largest absolute Gasteiger partial charge is 1.00 e. The number of quaternary nitrogens is 1. The van der Waals surface area contributed by atoms with E-state index in [9.17, 15) is 0 Å². The maximum Gasteiger partial charge on any atom is 0.0797 e. The summed E-state index contributed by atoms with van der Waals surface area (Å²) in [5.41, 5.74) is 0. The van der Waals surface area contributed by atoms with Crippen LogP contribution in [-0.2, 0) is 0 Å². The molecule has 0 aliphatic heterocycles. The average Bonchev–Trinajstić information content (AvgIpc) is 2.08. The molecule has 0 aromatic heterocycles. The van der Waals surface area contributed by atoms with E-state index in [-0.39, 0.29) is 17.0 Å². The van der Waals surface area contributed by atoms with Gasteiger partial charge in [0.2, 0.25) is 0 Å². The van der Waals surface area contributed by atoms with Crippen molar-refractivity contribution >= 4 is 11.6 Å². The minimum atomic E-state index is 0. The highest BCUT2D eigenvalue weighted by atomic mass is 79.9. The minimum absolute atomic E-state index is 0. The van der Waals surface area contributed by atoms with Crippen LogP contribution in [0.3, 0.4) is 0 Å². The summed E-state index contributed by atoms with van der Waals surface area (Å²) in [6.07, 6.45) is 1.15. The topological polar surface area (TPSA) is 0 Å². The molecular formula is C9H21BrClN. The summed E-state index contributed by atoms with van der Waals surface area (Å²) in [7, 11) is 0. The maximum absolute atomic E-state index is 5.67. The molecule has 0 aliphatic carbocycles. The second kappa shape index (κ2) is 8.33. The number of hydrogen-bond acceptors (Lipinski definition) is 0. The van der Waals surface area contributed by atoms with Gasteiger partial charge in [-0.2, -0.15) is 0 Å². The van der Waals surface area contributed by atoms with Gasteiger partial charge in [-0.05, 0) is 20.8 Å². The van der Waals surface area contributed by atoms with Crippen LogP contribution in [0.2, 0.25) is 0 Å². The van der Waals surface area contributed by atoms with Gasteiger partial charge in [0.1, 0.15) is 0 Å². The van der Waals surface area contributed by atoms with Crippen LogP contribution in [0.1, 0.15) is 27.2 Å². The highest BCUT2D eigenvalue weighted by Crippen LogP contribution is 2.07. The van der Waals surface area contributed by atoms with Crippen molar-refractivity contribution in [3.05, 3.63) is 0 Å². The fourth-order valence-corrected chi connectivity index (χ4v) is 1.66. The van der Waals surface area contributed by atoms with Crippen LogP contribution in [0.15, 0.2) is 0 Å². The molecule has 0 bridgehead atoms. The van der Waals surface area contributed by atoms with E-state index in [0.29, 0.717) is 0 Å². The SMILES string of the molecule is CC[N+](CC)(CC)CCCCl.[Br-]. The molecule has 0 radical (unpaired) electrons. The predicted molar refractivity (Wildman–Crippen MR) is 52.1 cm³/mol. The van der Waals surface area contributed by atoms with Crippen LogP contribution in [0.5, 0.6) is 0 Å². The van der Waals surface area contributed by atoms with Crippen LogP contribution in [-0.4, -0.2) is 36.5 Å². The Labute approximate surface area is 92.4 Å². The molecule has 0 aromatic rings. The summed E-state index contributed by atoms with van der Waals surface area (Å²) >= 11 is 5.67. The standard InChI is InChI=1S/C9H21ClN.BrH/c1-4-11(5-2,6-3)9-7-8-10;/h4-9H2,1-3H3;1H/q+1;/p-1. The number of halogens is 2. The molecule has 12 heavy (non-hydrogen) atoms. The molecule has 0 heterocycles. The van der Waals surface area contributed by atoms with Gasteiger partial charge in [0.25, 0.3) is 0 Å². The van der Waals surface area contributed by atoms with Crippen molar-refractivity contribution in [3.8, 4) is 0 Å². The van der Waals surface area contributed by atoms with Crippen LogP contribution < -0.4 is 17.0 Å². The number of nitrogens with zero attached hydrogens (tertiary/aromatic N) is 1. The first-order chi connectivity index (χ1) is 5.24. The Kier molecular flexibility index (Phi) is 10.6. The first-order valence-electron chi connectivity index (χ1n) is 4.65. The minimum Gasteiger partial charge on any atom is -1.00 e. The Hall–Kier alpha value is 0.730. The average molecular weight is 259 g/mol. The lowest BCUT2D eigenvalue weighted by molar-refractivity contribution is -0.923. The van der Waals surface area contributed by atoms with Crippen molar-refractivity contribution in [2.75, 3.05) is 32.1 Å². The molecular weight excluding hydrogens is 237 g/mol. The maximum atomic E-state index is 5.67. The summed E-state index contributed by atoms with van der Waals surface area (Å²) < 4.78 is 1.23. The van der Waals surface area contributed by atoms with E-state index < -0.39 is 0 Å². The molecule has 0 atom stereocenters. The van der Waals surface area contributed by atoms with Crippen molar-refractivity contribution in [1.29, 1.82) is 0 Å². The molecule has 0 saturated heterocycles. The summed E-state index contributed by atoms with van der Waals surface area (Å²) in [5, 5.41) is 0. The van der Waals surface area contributed by atoms with Gasteiger partial charge in [0.05, 0.1) is 26.2 Å². The van der Waals surface area contributed by atoms with Gasteiger partial charge in [-0.25, -0.2) is 0 Å². The predicted octanol–water partition coefficient (Wildman–Crippen LogP) is -0.504. The summed E-state index contributed by atoms with van der Waals surface area (Å²) in [6.45, 7) is 11.8. The smallest absolute Gasteiger partial charge is 0.0797 e. The second-order valence-corrected chi connectivity index (χ2v) is 3.43. The van der Waals surface area contributed by atoms with Crippen LogP contribution in [0.25, 0.3) is 0 Å². The molecule has 0 unspecified atom stereocenters. The molecule has 0 saturated carbocycles. The molecule has 0 aliphatic rings. The van der Waals surface area contributed by atoms with Gasteiger partial charge in [-0.1, -0.05) is 0 Å². The van der Waals surface area contributed by atoms with E-state index in [1.54, 1.807) is 0 Å². The van der Waals surface area contributed by atoms with Crippen LogP contribution in [0, 0.1) is 0 Å². The Morgan fingerprint density at radius 1 is 1.00 bits per heavy atom. The van der Waals surface area contributed by atoms with Gasteiger partial charge in [0.15, 0.2) is 0 Å². The number of rotatable bonds is 6. The second-order valence-electron chi connectivity index (χ2n) is 3.06. The quantitative estimate of drug-likeness (QED) is 0.445. The van der Waals surface area contributed by atoms with Crippen molar-refractivity contribution in [2.45, 2.75) is 27.2 Å². The zero-order valence-corrected chi connectivity index (χ0v) is 10.8. The number of hydrogen-bond donors (Lipinski definition) is 0. The first kappa shape index (κ1) is 15.2. The lowest BCUT2D eigenvalue weighted by atomic mass is 10.3. The summed E-state index contributed by atoms with van der Waals surface area (Å²) in [4.78, 5) is 0. The molecule has 0 N–H and O–H groups in total. The van der Waals surface area contributed by atoms with Gasteiger partial charge < -0.3 is 21.5 Å². The third-order valence-electron chi connectivity index (χ3n) is 2.78. The molecule has 3 heteroatoms. The Bertz CT molecular complexity index is 86.3. The van der Waals surface area contributed by atoms with E-state index in [1.807, 2.05) is 0 Å². The van der Waals surface area contributed by atoms with Crippen molar-refractivity contribution in [2.24, 2.45) is 0 Å². The van der Waals surface area contributed by atoms with Crippen molar-refractivity contribution < 1.29 is 21.5 Å². The highest BCUT2D eigenvalue weighted by Gasteiger charge is 2.18. The van der Waals surface area contributed by atoms with Crippen molar-refractivity contribution in [3.63, 3.8) is 0 Å². The van der Waals surface area contributed by atoms with E-state index in [4.69, 9.17) is 11.6 Å². The van der Waals surface area contributed by atoms with Gasteiger partial charge in [-0.15, -0.1) is 11.6 Å². The summed E-state index contributed by atoms with van der Waals surface area (Å²) in [5.74, 6) is 0.806. The normalized spacial score (nSPS) is 11.0. The molecule has 0 rings (SSSR count).